The quantitative estimate of drug-likeness (QED) is 0.576. The van der Waals surface area contributed by atoms with Crippen molar-refractivity contribution < 1.29 is 9.13 Å². The lowest BCUT2D eigenvalue weighted by Crippen LogP contribution is -2.13. The van der Waals surface area contributed by atoms with Crippen molar-refractivity contribution in [2.45, 2.75) is 19.9 Å². The topological polar surface area (TPSA) is 34.2 Å². The lowest BCUT2D eigenvalue weighted by atomic mass is 10.2. The Bertz CT molecular complexity index is 625. The molecule has 3 nitrogen and oxygen atoms in total. The molecule has 0 aliphatic rings. The molecule has 0 aliphatic carbocycles. The number of hydrogen-bond donors (Lipinski definition) is 1. The first kappa shape index (κ1) is 16.2. The Kier molecular flexibility index (Phi) is 5.96. The second kappa shape index (κ2) is 7.73. The van der Waals surface area contributed by atoms with E-state index < -0.39 is 5.82 Å². The van der Waals surface area contributed by atoms with E-state index in [0.717, 1.165) is 18.5 Å². The highest BCUT2D eigenvalue weighted by Gasteiger charge is 2.09. The van der Waals surface area contributed by atoms with Crippen LogP contribution in [0.15, 0.2) is 35.1 Å². The molecule has 6 heteroatoms. The number of benzene rings is 1. The number of hydrogen-bond acceptors (Lipinski definition) is 3. The average molecular weight is 374 g/mol. The van der Waals surface area contributed by atoms with Gasteiger partial charge in [-0.3, -0.25) is 4.98 Å². The summed E-state index contributed by atoms with van der Waals surface area (Å²) in [5.41, 5.74) is 1.01. The summed E-state index contributed by atoms with van der Waals surface area (Å²) in [6, 6.07) is 4.58. The Hall–Kier alpha value is -1.17. The molecular weight excluding hydrogens is 359 g/mol. The van der Waals surface area contributed by atoms with Crippen molar-refractivity contribution in [2.24, 2.45) is 0 Å². The number of rotatable bonds is 6. The van der Waals surface area contributed by atoms with Crippen LogP contribution in [-0.4, -0.2) is 11.5 Å². The van der Waals surface area contributed by atoms with E-state index in [0.29, 0.717) is 22.5 Å². The third-order valence-corrected chi connectivity index (χ3v) is 3.64. The van der Waals surface area contributed by atoms with Gasteiger partial charge in [0.2, 0.25) is 0 Å². The smallest absolute Gasteiger partial charge is 0.146 e. The second-order valence-electron chi connectivity index (χ2n) is 4.50. The maximum Gasteiger partial charge on any atom is 0.146 e. The lowest BCUT2D eigenvalue weighted by molar-refractivity contribution is 0.470. The van der Waals surface area contributed by atoms with Gasteiger partial charge in [-0.1, -0.05) is 18.5 Å². The average Bonchev–Trinajstić information content (AvgIpc) is 2.45. The fraction of sp³-hybridized carbons (Fsp3) is 0.267. The molecule has 2 aromatic rings. The molecule has 1 heterocycles. The fourth-order valence-electron chi connectivity index (χ4n) is 1.74. The zero-order chi connectivity index (χ0) is 15.2. The van der Waals surface area contributed by atoms with Crippen LogP contribution in [0.3, 0.4) is 0 Å². The molecule has 0 unspecified atom stereocenters. The molecule has 0 fully saturated rings. The van der Waals surface area contributed by atoms with Crippen LogP contribution in [0.4, 0.5) is 4.39 Å². The van der Waals surface area contributed by atoms with Crippen LogP contribution in [0.25, 0.3) is 0 Å². The maximum absolute atomic E-state index is 13.5. The van der Waals surface area contributed by atoms with Crippen molar-refractivity contribution in [1.29, 1.82) is 0 Å². The van der Waals surface area contributed by atoms with Crippen LogP contribution in [0.2, 0.25) is 5.02 Å². The molecule has 0 atom stereocenters. The normalized spacial score (nSPS) is 10.7. The van der Waals surface area contributed by atoms with Gasteiger partial charge in [-0.25, -0.2) is 4.39 Å². The molecule has 2 rings (SSSR count). The Morgan fingerprint density at radius 3 is 2.90 bits per heavy atom. The van der Waals surface area contributed by atoms with Crippen LogP contribution in [0.1, 0.15) is 18.9 Å². The highest BCUT2D eigenvalue weighted by atomic mass is 79.9. The standard InChI is InChI=1S/C15H15BrClFN2O/c1-2-3-19-7-10-4-11(9-20-8-10)21-15-6-14(18)13(17)5-12(15)16/h4-6,8-9,19H,2-3,7H2,1H3. The molecule has 0 saturated heterocycles. The first-order valence-electron chi connectivity index (χ1n) is 6.57. The molecule has 0 saturated carbocycles. The van der Waals surface area contributed by atoms with Crippen molar-refractivity contribution in [1.82, 2.24) is 10.3 Å². The van der Waals surface area contributed by atoms with Gasteiger partial charge in [0, 0.05) is 18.8 Å². The molecule has 0 radical (unpaired) electrons. The zero-order valence-electron chi connectivity index (χ0n) is 11.5. The van der Waals surface area contributed by atoms with E-state index >= 15 is 0 Å². The van der Waals surface area contributed by atoms with Gasteiger partial charge in [0.15, 0.2) is 0 Å². The first-order chi connectivity index (χ1) is 10.1. The fourth-order valence-corrected chi connectivity index (χ4v) is 2.45. The Labute approximate surface area is 136 Å². The monoisotopic (exact) mass is 372 g/mol. The Morgan fingerprint density at radius 2 is 2.14 bits per heavy atom. The van der Waals surface area contributed by atoms with Crippen molar-refractivity contribution >= 4 is 27.5 Å². The molecule has 112 valence electrons. The summed E-state index contributed by atoms with van der Waals surface area (Å²) in [4.78, 5) is 4.13. The van der Waals surface area contributed by atoms with Crippen LogP contribution in [0, 0.1) is 5.82 Å². The van der Waals surface area contributed by atoms with Crippen LogP contribution >= 0.6 is 27.5 Å². The predicted molar refractivity (Wildman–Crippen MR) is 85.4 cm³/mol. The highest BCUT2D eigenvalue weighted by Crippen LogP contribution is 2.33. The number of halogens is 3. The SMILES string of the molecule is CCCNCc1cncc(Oc2cc(F)c(Cl)cc2Br)c1. The highest BCUT2D eigenvalue weighted by molar-refractivity contribution is 9.10. The van der Waals surface area contributed by atoms with Gasteiger partial charge in [0.05, 0.1) is 15.7 Å². The summed E-state index contributed by atoms with van der Waals surface area (Å²) in [5.74, 6) is 0.384. The summed E-state index contributed by atoms with van der Waals surface area (Å²) in [7, 11) is 0. The molecule has 0 aliphatic heterocycles. The third-order valence-electron chi connectivity index (χ3n) is 2.73. The number of nitrogens with zero attached hydrogens (tertiary/aromatic N) is 1. The van der Waals surface area contributed by atoms with E-state index in [1.807, 2.05) is 6.07 Å². The van der Waals surface area contributed by atoms with Crippen LogP contribution < -0.4 is 10.1 Å². The van der Waals surface area contributed by atoms with E-state index in [4.69, 9.17) is 16.3 Å². The van der Waals surface area contributed by atoms with E-state index in [1.165, 1.54) is 12.1 Å². The maximum atomic E-state index is 13.5. The number of ether oxygens (including phenoxy) is 1. The van der Waals surface area contributed by atoms with Gasteiger partial charge < -0.3 is 10.1 Å². The van der Waals surface area contributed by atoms with Crippen molar-refractivity contribution in [3.8, 4) is 11.5 Å². The minimum absolute atomic E-state index is 0.0462. The molecule has 1 aromatic heterocycles. The van der Waals surface area contributed by atoms with Gasteiger partial charge in [0.1, 0.15) is 17.3 Å². The van der Waals surface area contributed by atoms with Crippen LogP contribution in [-0.2, 0) is 6.54 Å². The summed E-state index contributed by atoms with van der Waals surface area (Å²) in [6.45, 7) is 3.77. The Morgan fingerprint density at radius 1 is 1.33 bits per heavy atom. The number of nitrogens with one attached hydrogen (secondary N) is 1. The minimum Gasteiger partial charge on any atom is -0.454 e. The van der Waals surface area contributed by atoms with Crippen LogP contribution in [0.5, 0.6) is 11.5 Å². The summed E-state index contributed by atoms with van der Waals surface area (Å²) < 4.78 is 19.7. The largest absolute Gasteiger partial charge is 0.454 e. The Balaban J connectivity index is 2.12. The minimum atomic E-state index is -0.524. The van der Waals surface area contributed by atoms with E-state index in [2.05, 4.69) is 33.2 Å². The van der Waals surface area contributed by atoms with Gasteiger partial charge in [-0.15, -0.1) is 0 Å². The molecule has 1 N–H and O–H groups in total. The molecule has 1 aromatic carbocycles. The lowest BCUT2D eigenvalue weighted by Gasteiger charge is -2.10. The van der Waals surface area contributed by atoms with Gasteiger partial charge >= 0.3 is 0 Å². The van der Waals surface area contributed by atoms with Crippen molar-refractivity contribution in [3.05, 3.63) is 51.5 Å². The molecule has 0 bridgehead atoms. The van der Waals surface area contributed by atoms with E-state index in [9.17, 15) is 4.39 Å². The van der Waals surface area contributed by atoms with E-state index in [1.54, 1.807) is 12.4 Å². The molecular formula is C15H15BrClFN2O. The van der Waals surface area contributed by atoms with Gasteiger partial charge in [-0.05, 0) is 46.6 Å². The molecule has 0 amide bonds. The zero-order valence-corrected chi connectivity index (χ0v) is 13.8. The number of pyridine rings is 1. The molecule has 0 spiro atoms. The third kappa shape index (κ3) is 4.66. The van der Waals surface area contributed by atoms with Crippen molar-refractivity contribution in [2.75, 3.05) is 6.54 Å². The van der Waals surface area contributed by atoms with Gasteiger partial charge in [0.25, 0.3) is 0 Å². The predicted octanol–water partition coefficient (Wildman–Crippen LogP) is 4.93. The first-order valence-corrected chi connectivity index (χ1v) is 7.74. The van der Waals surface area contributed by atoms with Gasteiger partial charge in [-0.2, -0.15) is 0 Å². The molecule has 21 heavy (non-hydrogen) atoms. The van der Waals surface area contributed by atoms with E-state index in [-0.39, 0.29) is 5.02 Å². The second-order valence-corrected chi connectivity index (χ2v) is 5.77. The summed E-state index contributed by atoms with van der Waals surface area (Å²) in [6.07, 6.45) is 4.43. The summed E-state index contributed by atoms with van der Waals surface area (Å²) >= 11 is 9.00. The summed E-state index contributed by atoms with van der Waals surface area (Å²) in [5, 5.41) is 3.33. The number of aromatic nitrogens is 1. The van der Waals surface area contributed by atoms with Crippen molar-refractivity contribution in [3.63, 3.8) is 0 Å².